The van der Waals surface area contributed by atoms with Gasteiger partial charge in [0.15, 0.2) is 11.4 Å². The second kappa shape index (κ2) is 8.66. The van der Waals surface area contributed by atoms with E-state index in [4.69, 9.17) is 10.6 Å². The molecule has 1 aromatic carbocycles. The number of carbonyl (C=O) groups is 3. The Kier molecular flexibility index (Phi) is 6.07. The van der Waals surface area contributed by atoms with Crippen LogP contribution < -0.4 is 10.6 Å². The second-order valence-electron chi connectivity index (χ2n) is 9.88. The predicted octanol–water partition coefficient (Wildman–Crippen LogP) is 1.25. The minimum Gasteiger partial charge on any atom is -0.508 e. The van der Waals surface area contributed by atoms with Crippen molar-refractivity contribution in [3.05, 3.63) is 39.7 Å². The Balaban J connectivity index is 1.92. The van der Waals surface area contributed by atoms with Gasteiger partial charge in [-0.25, -0.2) is 0 Å². The zero-order chi connectivity index (χ0) is 26.7. The molecule has 192 valence electrons. The van der Waals surface area contributed by atoms with Crippen LogP contribution in [0.25, 0.3) is 5.76 Å². The number of carbonyl (C=O) groups excluding carboxylic acids is 3. The summed E-state index contributed by atoms with van der Waals surface area (Å²) >= 11 is 0. The van der Waals surface area contributed by atoms with Gasteiger partial charge in [0.2, 0.25) is 5.78 Å². The SMILES string of the molecule is CC(C)O/N=C/c1cc(N(C)C)c2c(c1O)C(O)=C1C(=O)[C@]3(O)C(O)=C(C(N)=O)C(=O)C[C@@H]3C[C@@H]1C2. The van der Waals surface area contributed by atoms with Gasteiger partial charge in [-0.05, 0) is 44.2 Å². The van der Waals surface area contributed by atoms with Gasteiger partial charge in [0, 0.05) is 43.3 Å². The molecule has 1 fully saturated rings. The lowest BCUT2D eigenvalue weighted by Crippen LogP contribution is -2.58. The maximum Gasteiger partial charge on any atom is 0.255 e. The number of hydrogen-bond donors (Lipinski definition) is 5. The minimum atomic E-state index is -2.60. The van der Waals surface area contributed by atoms with Crippen molar-refractivity contribution in [2.24, 2.45) is 22.7 Å². The van der Waals surface area contributed by atoms with Crippen LogP contribution in [0.15, 0.2) is 28.1 Å². The number of hydrogen-bond acceptors (Lipinski definition) is 10. The van der Waals surface area contributed by atoms with E-state index in [-0.39, 0.29) is 47.8 Å². The molecule has 3 atom stereocenters. The molecule has 1 amide bonds. The molecule has 0 spiro atoms. The summed E-state index contributed by atoms with van der Waals surface area (Å²) in [5.74, 6) is -6.66. The largest absolute Gasteiger partial charge is 0.508 e. The van der Waals surface area contributed by atoms with Crippen LogP contribution in [-0.2, 0) is 25.6 Å². The summed E-state index contributed by atoms with van der Waals surface area (Å²) in [6, 6.07) is 1.68. The van der Waals surface area contributed by atoms with Gasteiger partial charge in [0.1, 0.15) is 28.9 Å². The summed E-state index contributed by atoms with van der Waals surface area (Å²) in [6.45, 7) is 3.56. The number of fused-ring (bicyclic) bond motifs is 3. The molecule has 1 saturated carbocycles. The number of aliphatic hydroxyl groups excluding tert-OH is 2. The van der Waals surface area contributed by atoms with Crippen LogP contribution in [-0.4, -0.2) is 69.9 Å². The Hall–Kier alpha value is -3.86. The van der Waals surface area contributed by atoms with Crippen molar-refractivity contribution < 1.29 is 39.6 Å². The van der Waals surface area contributed by atoms with Crippen molar-refractivity contribution in [2.45, 2.75) is 44.8 Å². The second-order valence-corrected chi connectivity index (χ2v) is 9.88. The van der Waals surface area contributed by atoms with Gasteiger partial charge < -0.3 is 35.9 Å². The molecule has 1 aromatic rings. The number of anilines is 1. The molecule has 3 aliphatic carbocycles. The highest BCUT2D eigenvalue weighted by Crippen LogP contribution is 2.53. The number of ketones is 2. The van der Waals surface area contributed by atoms with Gasteiger partial charge in [-0.1, -0.05) is 5.16 Å². The zero-order valence-corrected chi connectivity index (χ0v) is 20.4. The number of phenolic OH excluding ortho intramolecular Hbond substituents is 1. The zero-order valence-electron chi connectivity index (χ0n) is 20.4. The van der Waals surface area contributed by atoms with Crippen molar-refractivity contribution in [1.82, 2.24) is 0 Å². The maximum atomic E-state index is 13.6. The number of Topliss-reactive ketones (excluding diaryl/α,β-unsaturated/α-hetero) is 2. The highest BCUT2D eigenvalue weighted by Gasteiger charge is 2.60. The quantitative estimate of drug-likeness (QED) is 0.226. The number of nitrogens with zero attached hydrogens (tertiary/aromatic N) is 2. The van der Waals surface area contributed by atoms with Crippen LogP contribution in [0.4, 0.5) is 5.69 Å². The third-order valence-corrected chi connectivity index (χ3v) is 7.01. The number of rotatable bonds is 5. The molecule has 0 radical (unpaired) electrons. The molecular weight excluding hydrogens is 470 g/mol. The molecule has 0 saturated heterocycles. The van der Waals surface area contributed by atoms with Crippen LogP contribution in [0.2, 0.25) is 0 Å². The maximum absolute atomic E-state index is 13.6. The predicted molar refractivity (Wildman–Crippen MR) is 130 cm³/mol. The number of aliphatic hydroxyl groups is 3. The first kappa shape index (κ1) is 25.2. The number of nitrogens with two attached hydrogens (primary N) is 1. The lowest BCUT2D eigenvalue weighted by atomic mass is 9.59. The summed E-state index contributed by atoms with van der Waals surface area (Å²) in [7, 11) is 3.57. The molecule has 0 bridgehead atoms. The van der Waals surface area contributed by atoms with Crippen molar-refractivity contribution in [1.29, 1.82) is 0 Å². The van der Waals surface area contributed by atoms with Gasteiger partial charge in [0.25, 0.3) is 5.91 Å². The molecular formula is C25H29N3O8. The van der Waals surface area contributed by atoms with Crippen LogP contribution in [0.5, 0.6) is 5.75 Å². The molecule has 36 heavy (non-hydrogen) atoms. The van der Waals surface area contributed by atoms with E-state index in [9.17, 15) is 34.8 Å². The van der Waals surface area contributed by atoms with Crippen molar-refractivity contribution in [3.8, 4) is 5.75 Å². The van der Waals surface area contributed by atoms with Gasteiger partial charge in [-0.15, -0.1) is 0 Å². The fourth-order valence-electron chi connectivity index (χ4n) is 5.40. The number of oxime groups is 1. The van der Waals surface area contributed by atoms with E-state index in [0.29, 0.717) is 11.3 Å². The number of benzene rings is 1. The molecule has 6 N–H and O–H groups in total. The first-order valence-electron chi connectivity index (χ1n) is 11.5. The molecule has 4 rings (SSSR count). The van der Waals surface area contributed by atoms with Crippen molar-refractivity contribution >= 4 is 35.1 Å². The highest BCUT2D eigenvalue weighted by atomic mass is 16.6. The molecule has 0 heterocycles. The Morgan fingerprint density at radius 1 is 1.25 bits per heavy atom. The monoisotopic (exact) mass is 499 g/mol. The van der Waals surface area contributed by atoms with E-state index in [2.05, 4.69) is 5.16 Å². The van der Waals surface area contributed by atoms with Crippen LogP contribution in [0.3, 0.4) is 0 Å². The van der Waals surface area contributed by atoms with E-state index in [1.807, 2.05) is 0 Å². The molecule has 11 heteroatoms. The smallest absolute Gasteiger partial charge is 0.255 e. The summed E-state index contributed by atoms with van der Waals surface area (Å²) in [5.41, 5.74) is 3.06. The summed E-state index contributed by atoms with van der Waals surface area (Å²) < 4.78 is 0. The van der Waals surface area contributed by atoms with Crippen molar-refractivity contribution in [2.75, 3.05) is 19.0 Å². The fourth-order valence-corrected chi connectivity index (χ4v) is 5.40. The number of primary amides is 1. The van der Waals surface area contributed by atoms with Gasteiger partial charge in [-0.3, -0.25) is 14.4 Å². The first-order chi connectivity index (χ1) is 16.8. The third-order valence-electron chi connectivity index (χ3n) is 7.01. The van der Waals surface area contributed by atoms with Gasteiger partial charge >= 0.3 is 0 Å². The summed E-state index contributed by atoms with van der Waals surface area (Å²) in [6.07, 6.45) is 1.02. The van der Waals surface area contributed by atoms with Crippen LogP contribution in [0.1, 0.15) is 43.4 Å². The minimum absolute atomic E-state index is 0.000623. The van der Waals surface area contributed by atoms with E-state index in [1.54, 1.807) is 38.9 Å². The molecule has 0 aliphatic heterocycles. The Morgan fingerprint density at radius 2 is 1.92 bits per heavy atom. The topological polar surface area (TPSA) is 183 Å². The number of amides is 1. The van der Waals surface area contributed by atoms with Crippen LogP contribution in [0, 0.1) is 11.8 Å². The first-order valence-corrected chi connectivity index (χ1v) is 11.5. The standard InChI is InChI=1S/C25H29N3O8/c1-10(2)36-27-9-12-7-15(28(3)4)14-6-11-5-13-8-16(29)19(24(26)34)23(33)25(13,35)22(32)17(11)21(31)18(14)20(12)30/h7,9-11,13,30-31,33,35H,5-6,8H2,1-4H3,(H2,26,34)/b27-9+/t11-,13+,25+/m1/s1. The Bertz CT molecular complexity index is 1280. The Labute approximate surface area is 207 Å². The number of aromatic hydroxyl groups is 1. The highest BCUT2D eigenvalue weighted by molar-refractivity contribution is 6.22. The summed E-state index contributed by atoms with van der Waals surface area (Å²) in [4.78, 5) is 44.8. The molecule has 0 unspecified atom stereocenters. The van der Waals surface area contributed by atoms with E-state index >= 15 is 0 Å². The van der Waals surface area contributed by atoms with E-state index in [0.717, 1.165) is 0 Å². The Morgan fingerprint density at radius 3 is 2.50 bits per heavy atom. The average Bonchev–Trinajstić information content (AvgIpc) is 2.77. The number of phenols is 1. The van der Waals surface area contributed by atoms with E-state index < -0.39 is 52.0 Å². The van der Waals surface area contributed by atoms with E-state index in [1.165, 1.54) is 6.21 Å². The van der Waals surface area contributed by atoms with Crippen LogP contribution >= 0.6 is 0 Å². The van der Waals surface area contributed by atoms with Gasteiger partial charge in [0.05, 0.1) is 11.8 Å². The molecule has 11 nitrogen and oxygen atoms in total. The summed E-state index contributed by atoms with van der Waals surface area (Å²) in [5, 5.41) is 48.2. The lowest BCUT2D eigenvalue weighted by molar-refractivity contribution is -0.147. The van der Waals surface area contributed by atoms with Gasteiger partial charge in [-0.2, -0.15) is 0 Å². The average molecular weight is 500 g/mol. The van der Waals surface area contributed by atoms with Crippen molar-refractivity contribution in [3.63, 3.8) is 0 Å². The third kappa shape index (κ3) is 3.62. The molecule has 3 aliphatic rings. The fraction of sp³-hybridized carbons (Fsp3) is 0.440. The normalized spacial score (nSPS) is 25.7. The lowest BCUT2D eigenvalue weighted by Gasteiger charge is -2.46. The molecule has 0 aromatic heterocycles.